The molecule has 1 amide bonds. The van der Waals surface area contributed by atoms with Gasteiger partial charge in [0.1, 0.15) is 11.5 Å². The van der Waals surface area contributed by atoms with Gasteiger partial charge in [0.25, 0.3) is 5.91 Å². The molecule has 5 heteroatoms. The number of ketones is 1. The summed E-state index contributed by atoms with van der Waals surface area (Å²) in [6, 6.07) is 19.5. The Labute approximate surface area is 176 Å². The molecule has 0 atom stereocenters. The normalized spacial score (nSPS) is 10.6. The van der Waals surface area contributed by atoms with E-state index >= 15 is 0 Å². The molecule has 0 aliphatic heterocycles. The molecule has 0 saturated heterocycles. The molecule has 3 aromatic carbocycles. The van der Waals surface area contributed by atoms with Crippen LogP contribution >= 0.6 is 0 Å². The lowest BCUT2D eigenvalue weighted by molar-refractivity contribution is 0.102. The SMILES string of the molecule is COc1ccc(/C=C/C(=O)c2ccc(NC(=O)c3cccc(C)c3)cc2)c(OC)c1. The summed E-state index contributed by atoms with van der Waals surface area (Å²) >= 11 is 0. The first kappa shape index (κ1) is 20.9. The molecule has 3 rings (SSSR count). The molecule has 0 fully saturated rings. The van der Waals surface area contributed by atoms with Crippen molar-refractivity contribution >= 4 is 23.5 Å². The van der Waals surface area contributed by atoms with Crippen molar-refractivity contribution in [2.75, 3.05) is 19.5 Å². The number of benzene rings is 3. The largest absolute Gasteiger partial charge is 0.497 e. The maximum Gasteiger partial charge on any atom is 0.255 e. The van der Waals surface area contributed by atoms with Crippen molar-refractivity contribution < 1.29 is 19.1 Å². The van der Waals surface area contributed by atoms with E-state index in [0.29, 0.717) is 28.3 Å². The van der Waals surface area contributed by atoms with Crippen LogP contribution in [0, 0.1) is 6.92 Å². The molecule has 30 heavy (non-hydrogen) atoms. The molecule has 3 aromatic rings. The zero-order valence-electron chi connectivity index (χ0n) is 17.1. The van der Waals surface area contributed by atoms with Gasteiger partial charge < -0.3 is 14.8 Å². The van der Waals surface area contributed by atoms with E-state index < -0.39 is 0 Å². The molecule has 0 aliphatic rings. The average Bonchev–Trinajstić information content (AvgIpc) is 2.77. The fraction of sp³-hybridized carbons (Fsp3) is 0.120. The summed E-state index contributed by atoms with van der Waals surface area (Å²) in [4.78, 5) is 24.8. The molecule has 1 N–H and O–H groups in total. The number of nitrogens with one attached hydrogen (secondary N) is 1. The molecule has 0 aromatic heterocycles. The van der Waals surface area contributed by atoms with Crippen molar-refractivity contribution in [1.29, 1.82) is 0 Å². The number of amides is 1. The number of carbonyl (C=O) groups excluding carboxylic acids is 2. The number of rotatable bonds is 7. The maximum atomic E-state index is 12.5. The Morgan fingerprint density at radius 2 is 1.63 bits per heavy atom. The van der Waals surface area contributed by atoms with E-state index in [2.05, 4.69) is 5.32 Å². The second kappa shape index (κ2) is 9.56. The standard InChI is InChI=1S/C25H23NO4/c1-17-5-4-6-20(15-17)25(28)26-21-11-7-18(8-12-21)23(27)14-10-19-9-13-22(29-2)16-24(19)30-3/h4-16H,1-3H3,(H,26,28)/b14-10+. The molecule has 152 valence electrons. The smallest absolute Gasteiger partial charge is 0.255 e. The fourth-order valence-corrected chi connectivity index (χ4v) is 2.93. The van der Waals surface area contributed by atoms with Gasteiger partial charge >= 0.3 is 0 Å². The molecular formula is C25H23NO4. The van der Waals surface area contributed by atoms with Gasteiger partial charge in [-0.05, 0) is 67.6 Å². The van der Waals surface area contributed by atoms with E-state index in [1.807, 2.05) is 31.2 Å². The van der Waals surface area contributed by atoms with E-state index in [0.717, 1.165) is 11.1 Å². The number of hydrogen-bond donors (Lipinski definition) is 1. The molecule has 0 saturated carbocycles. The maximum absolute atomic E-state index is 12.5. The molecule has 5 nitrogen and oxygen atoms in total. The van der Waals surface area contributed by atoms with Gasteiger partial charge in [0.2, 0.25) is 0 Å². The van der Waals surface area contributed by atoms with Crippen LogP contribution in [0.5, 0.6) is 11.5 Å². The fourth-order valence-electron chi connectivity index (χ4n) is 2.93. The second-order valence-electron chi connectivity index (χ2n) is 6.71. The minimum atomic E-state index is -0.190. The van der Waals surface area contributed by atoms with E-state index in [9.17, 15) is 9.59 Å². The molecular weight excluding hydrogens is 378 g/mol. The van der Waals surface area contributed by atoms with Crippen LogP contribution in [0.1, 0.15) is 31.8 Å². The Hall–Kier alpha value is -3.86. The van der Waals surface area contributed by atoms with Gasteiger partial charge in [-0.3, -0.25) is 9.59 Å². The van der Waals surface area contributed by atoms with Gasteiger partial charge in [0.05, 0.1) is 14.2 Å². The van der Waals surface area contributed by atoms with Gasteiger partial charge in [0, 0.05) is 28.4 Å². The first-order valence-electron chi connectivity index (χ1n) is 9.42. The Balaban J connectivity index is 1.68. The van der Waals surface area contributed by atoms with Crippen molar-refractivity contribution in [3.8, 4) is 11.5 Å². The molecule has 0 spiro atoms. The number of ether oxygens (including phenoxy) is 2. The summed E-state index contributed by atoms with van der Waals surface area (Å²) in [6.07, 6.45) is 3.19. The second-order valence-corrected chi connectivity index (χ2v) is 6.71. The first-order valence-corrected chi connectivity index (χ1v) is 9.42. The van der Waals surface area contributed by atoms with Crippen molar-refractivity contribution in [2.45, 2.75) is 6.92 Å². The van der Waals surface area contributed by atoms with Crippen LogP contribution in [0.2, 0.25) is 0 Å². The highest BCUT2D eigenvalue weighted by Gasteiger charge is 2.08. The first-order chi connectivity index (χ1) is 14.5. The van der Waals surface area contributed by atoms with Gasteiger partial charge in [-0.2, -0.15) is 0 Å². The average molecular weight is 401 g/mol. The third-order valence-electron chi connectivity index (χ3n) is 4.56. The van der Waals surface area contributed by atoms with Gasteiger partial charge in [0.15, 0.2) is 5.78 Å². The minimum absolute atomic E-state index is 0.149. The molecule has 0 heterocycles. The zero-order valence-corrected chi connectivity index (χ0v) is 17.1. The molecule has 0 bridgehead atoms. The lowest BCUT2D eigenvalue weighted by Crippen LogP contribution is -2.12. The van der Waals surface area contributed by atoms with Crippen molar-refractivity contribution in [3.05, 3.63) is 95.1 Å². The van der Waals surface area contributed by atoms with Gasteiger partial charge in [-0.25, -0.2) is 0 Å². The lowest BCUT2D eigenvalue weighted by atomic mass is 10.1. The monoisotopic (exact) mass is 401 g/mol. The van der Waals surface area contributed by atoms with Crippen molar-refractivity contribution in [2.24, 2.45) is 0 Å². The summed E-state index contributed by atoms with van der Waals surface area (Å²) in [5.74, 6) is 0.958. The third-order valence-corrected chi connectivity index (χ3v) is 4.56. The summed E-state index contributed by atoms with van der Waals surface area (Å²) in [5, 5.41) is 2.84. The Bertz CT molecular complexity index is 1080. The minimum Gasteiger partial charge on any atom is -0.497 e. The highest BCUT2D eigenvalue weighted by atomic mass is 16.5. The van der Waals surface area contributed by atoms with Crippen LogP contribution < -0.4 is 14.8 Å². The van der Waals surface area contributed by atoms with Crippen LogP contribution in [-0.4, -0.2) is 25.9 Å². The Morgan fingerprint density at radius 1 is 0.867 bits per heavy atom. The predicted molar refractivity (Wildman–Crippen MR) is 118 cm³/mol. The predicted octanol–water partition coefficient (Wildman–Crippen LogP) is 5.16. The van der Waals surface area contributed by atoms with Crippen molar-refractivity contribution in [1.82, 2.24) is 0 Å². The molecule has 0 radical (unpaired) electrons. The number of methoxy groups -OCH3 is 2. The topological polar surface area (TPSA) is 64.6 Å². The Kier molecular flexibility index (Phi) is 6.65. The van der Waals surface area contributed by atoms with Crippen molar-refractivity contribution in [3.63, 3.8) is 0 Å². The number of carbonyl (C=O) groups is 2. The van der Waals surface area contributed by atoms with Crippen LogP contribution in [0.4, 0.5) is 5.69 Å². The van der Waals surface area contributed by atoms with E-state index in [1.165, 1.54) is 6.08 Å². The zero-order chi connectivity index (χ0) is 21.5. The molecule has 0 unspecified atom stereocenters. The highest BCUT2D eigenvalue weighted by molar-refractivity contribution is 6.08. The molecule has 0 aliphatic carbocycles. The highest BCUT2D eigenvalue weighted by Crippen LogP contribution is 2.25. The van der Waals surface area contributed by atoms with Gasteiger partial charge in [-0.15, -0.1) is 0 Å². The lowest BCUT2D eigenvalue weighted by Gasteiger charge is -2.07. The third kappa shape index (κ3) is 5.14. The number of hydrogen-bond acceptors (Lipinski definition) is 4. The van der Waals surface area contributed by atoms with E-state index in [4.69, 9.17) is 9.47 Å². The quantitative estimate of drug-likeness (QED) is 0.439. The summed E-state index contributed by atoms with van der Waals surface area (Å²) in [7, 11) is 3.15. The van der Waals surface area contributed by atoms with E-state index in [-0.39, 0.29) is 11.7 Å². The van der Waals surface area contributed by atoms with Crippen LogP contribution in [0.3, 0.4) is 0 Å². The van der Waals surface area contributed by atoms with E-state index in [1.54, 1.807) is 62.8 Å². The Morgan fingerprint density at radius 3 is 2.30 bits per heavy atom. The van der Waals surface area contributed by atoms with Crippen LogP contribution in [0.15, 0.2) is 72.8 Å². The van der Waals surface area contributed by atoms with Gasteiger partial charge in [-0.1, -0.05) is 17.7 Å². The number of anilines is 1. The summed E-state index contributed by atoms with van der Waals surface area (Å²) in [6.45, 7) is 1.94. The summed E-state index contributed by atoms with van der Waals surface area (Å²) in [5.41, 5.74) is 3.52. The number of allylic oxidation sites excluding steroid dienone is 1. The number of aryl methyl sites for hydroxylation is 1. The van der Waals surface area contributed by atoms with Crippen LogP contribution in [0.25, 0.3) is 6.08 Å². The summed E-state index contributed by atoms with van der Waals surface area (Å²) < 4.78 is 10.5. The van der Waals surface area contributed by atoms with Crippen LogP contribution in [-0.2, 0) is 0 Å².